The molecular weight excluding hydrogens is 316 g/mol. The van der Waals surface area contributed by atoms with Gasteiger partial charge < -0.3 is 19.5 Å². The quantitative estimate of drug-likeness (QED) is 0.839. The molecular formula is C19H28N4O2. The fraction of sp³-hybridized carbons (Fsp3) is 0.474. The average Bonchev–Trinajstić information content (AvgIpc) is 2.93. The molecule has 136 valence electrons. The second-order valence-corrected chi connectivity index (χ2v) is 6.71. The monoisotopic (exact) mass is 344 g/mol. The number of carbonyl (C=O) groups excluding carboxylic acids is 1. The molecule has 1 aromatic carbocycles. The van der Waals surface area contributed by atoms with Crippen LogP contribution in [-0.4, -0.2) is 35.7 Å². The molecule has 0 unspecified atom stereocenters. The van der Waals surface area contributed by atoms with E-state index in [1.165, 1.54) is 5.56 Å². The maximum atomic E-state index is 12.3. The first-order chi connectivity index (χ1) is 11.8. The van der Waals surface area contributed by atoms with Crippen molar-refractivity contribution in [2.24, 2.45) is 7.05 Å². The highest BCUT2D eigenvalue weighted by molar-refractivity contribution is 5.80. The van der Waals surface area contributed by atoms with Gasteiger partial charge in [0.15, 0.2) is 6.10 Å². The molecule has 6 nitrogen and oxygen atoms in total. The maximum absolute atomic E-state index is 12.3. The van der Waals surface area contributed by atoms with Crippen LogP contribution in [0, 0.1) is 0 Å². The van der Waals surface area contributed by atoms with Crippen molar-refractivity contribution in [3.63, 3.8) is 0 Å². The first kappa shape index (κ1) is 18.8. The zero-order valence-electron chi connectivity index (χ0n) is 15.9. The number of hydrogen-bond donors (Lipinski definition) is 1. The van der Waals surface area contributed by atoms with Gasteiger partial charge in [-0.15, -0.1) is 0 Å². The fourth-order valence-corrected chi connectivity index (χ4v) is 2.54. The standard InChI is InChI=1S/C19H28N4O2/c1-13(2)15-8-7-9-17(10-15)25-14(3)18(24)20-11-16-12-21-19(22(4)5)23(16)6/h7-10,12-14H,11H2,1-6H3,(H,20,24)/t14-/m0/s1. The summed E-state index contributed by atoms with van der Waals surface area (Å²) in [6.45, 7) is 6.43. The highest BCUT2D eigenvalue weighted by Crippen LogP contribution is 2.21. The Bertz CT molecular complexity index is 722. The van der Waals surface area contributed by atoms with E-state index in [2.05, 4.69) is 30.2 Å². The predicted octanol–water partition coefficient (Wildman–Crippen LogP) is 2.69. The molecule has 0 bridgehead atoms. The van der Waals surface area contributed by atoms with Gasteiger partial charge in [0.25, 0.3) is 5.91 Å². The molecule has 1 aromatic heterocycles. The summed E-state index contributed by atoms with van der Waals surface area (Å²) in [5.41, 5.74) is 2.13. The normalized spacial score (nSPS) is 12.1. The Kier molecular flexibility index (Phi) is 6.07. The first-order valence-corrected chi connectivity index (χ1v) is 8.51. The zero-order chi connectivity index (χ0) is 18.6. The summed E-state index contributed by atoms with van der Waals surface area (Å²) >= 11 is 0. The van der Waals surface area contributed by atoms with Crippen LogP contribution in [0.2, 0.25) is 0 Å². The lowest BCUT2D eigenvalue weighted by Crippen LogP contribution is -2.36. The number of imidazole rings is 1. The van der Waals surface area contributed by atoms with Crippen LogP contribution in [0.25, 0.3) is 0 Å². The van der Waals surface area contributed by atoms with Crippen LogP contribution in [-0.2, 0) is 18.4 Å². The molecule has 0 spiro atoms. The van der Waals surface area contributed by atoms with E-state index < -0.39 is 6.10 Å². The second kappa shape index (κ2) is 8.05. The third-order valence-electron chi connectivity index (χ3n) is 4.11. The molecule has 1 amide bonds. The van der Waals surface area contributed by atoms with E-state index in [-0.39, 0.29) is 5.91 Å². The number of amides is 1. The highest BCUT2D eigenvalue weighted by Gasteiger charge is 2.16. The van der Waals surface area contributed by atoms with Gasteiger partial charge in [-0.25, -0.2) is 4.98 Å². The van der Waals surface area contributed by atoms with Gasteiger partial charge in [0.1, 0.15) is 5.75 Å². The van der Waals surface area contributed by atoms with Crippen LogP contribution < -0.4 is 15.0 Å². The summed E-state index contributed by atoms with van der Waals surface area (Å²) in [7, 11) is 5.80. The Morgan fingerprint density at radius 1 is 1.32 bits per heavy atom. The van der Waals surface area contributed by atoms with E-state index >= 15 is 0 Å². The van der Waals surface area contributed by atoms with E-state index in [9.17, 15) is 4.79 Å². The number of carbonyl (C=O) groups is 1. The fourth-order valence-electron chi connectivity index (χ4n) is 2.54. The lowest BCUT2D eigenvalue weighted by atomic mass is 10.0. The first-order valence-electron chi connectivity index (χ1n) is 8.51. The molecule has 2 aromatic rings. The minimum Gasteiger partial charge on any atom is -0.481 e. The molecule has 6 heteroatoms. The van der Waals surface area contributed by atoms with Crippen molar-refractivity contribution >= 4 is 11.9 Å². The summed E-state index contributed by atoms with van der Waals surface area (Å²) in [6.07, 6.45) is 1.21. The molecule has 0 aliphatic carbocycles. The molecule has 0 saturated carbocycles. The summed E-state index contributed by atoms with van der Waals surface area (Å²) in [5, 5.41) is 2.91. The molecule has 0 saturated heterocycles. The second-order valence-electron chi connectivity index (χ2n) is 6.71. The van der Waals surface area contributed by atoms with Gasteiger partial charge in [-0.2, -0.15) is 0 Å². The van der Waals surface area contributed by atoms with Gasteiger partial charge in [0.2, 0.25) is 5.95 Å². The minimum absolute atomic E-state index is 0.150. The molecule has 0 aliphatic rings. The van der Waals surface area contributed by atoms with Crippen molar-refractivity contribution in [3.05, 3.63) is 41.7 Å². The largest absolute Gasteiger partial charge is 0.481 e. The molecule has 2 rings (SSSR count). The van der Waals surface area contributed by atoms with Crippen LogP contribution >= 0.6 is 0 Å². The average molecular weight is 344 g/mol. The van der Waals surface area contributed by atoms with Gasteiger partial charge in [0.05, 0.1) is 18.4 Å². The number of nitrogens with one attached hydrogen (secondary N) is 1. The van der Waals surface area contributed by atoms with Crippen LogP contribution in [0.1, 0.15) is 37.9 Å². The molecule has 0 fully saturated rings. The molecule has 0 aliphatic heterocycles. The number of anilines is 1. The van der Waals surface area contributed by atoms with E-state index in [1.54, 1.807) is 13.1 Å². The minimum atomic E-state index is -0.566. The van der Waals surface area contributed by atoms with E-state index in [4.69, 9.17) is 4.74 Å². The maximum Gasteiger partial charge on any atom is 0.261 e. The van der Waals surface area contributed by atoms with Crippen LogP contribution in [0.3, 0.4) is 0 Å². The third-order valence-corrected chi connectivity index (χ3v) is 4.11. The van der Waals surface area contributed by atoms with Crippen LogP contribution in [0.4, 0.5) is 5.95 Å². The number of ether oxygens (including phenoxy) is 1. The zero-order valence-corrected chi connectivity index (χ0v) is 15.9. The SMILES string of the molecule is CC(C)c1cccc(O[C@@H](C)C(=O)NCc2cnc(N(C)C)n2C)c1. The van der Waals surface area contributed by atoms with Gasteiger partial charge in [0, 0.05) is 21.1 Å². The number of hydrogen-bond acceptors (Lipinski definition) is 4. The number of rotatable bonds is 7. The lowest BCUT2D eigenvalue weighted by molar-refractivity contribution is -0.127. The lowest BCUT2D eigenvalue weighted by Gasteiger charge is -2.16. The highest BCUT2D eigenvalue weighted by atomic mass is 16.5. The Hall–Kier alpha value is -2.50. The summed E-state index contributed by atoms with van der Waals surface area (Å²) in [6, 6.07) is 7.87. The van der Waals surface area contributed by atoms with Crippen LogP contribution in [0.15, 0.2) is 30.5 Å². The van der Waals surface area contributed by atoms with Gasteiger partial charge >= 0.3 is 0 Å². The van der Waals surface area contributed by atoms with Gasteiger partial charge in [-0.1, -0.05) is 26.0 Å². The molecule has 1 atom stereocenters. The Morgan fingerprint density at radius 2 is 2.04 bits per heavy atom. The Morgan fingerprint density at radius 3 is 2.64 bits per heavy atom. The van der Waals surface area contributed by atoms with E-state index in [0.717, 1.165) is 11.6 Å². The smallest absolute Gasteiger partial charge is 0.261 e. The van der Waals surface area contributed by atoms with E-state index in [0.29, 0.717) is 18.2 Å². The summed E-state index contributed by atoms with van der Waals surface area (Å²) in [4.78, 5) is 18.6. The van der Waals surface area contributed by atoms with Crippen molar-refractivity contribution < 1.29 is 9.53 Å². The van der Waals surface area contributed by atoms with Gasteiger partial charge in [-0.05, 0) is 30.5 Å². The van der Waals surface area contributed by atoms with Crippen molar-refractivity contribution in [1.82, 2.24) is 14.9 Å². The number of nitrogens with zero attached hydrogens (tertiary/aromatic N) is 3. The van der Waals surface area contributed by atoms with Crippen molar-refractivity contribution in [2.75, 3.05) is 19.0 Å². The molecule has 0 radical (unpaired) electrons. The predicted molar refractivity (Wildman–Crippen MR) is 100 cm³/mol. The molecule has 25 heavy (non-hydrogen) atoms. The molecule has 1 N–H and O–H groups in total. The van der Waals surface area contributed by atoms with Crippen molar-refractivity contribution in [2.45, 2.75) is 39.3 Å². The summed E-state index contributed by atoms with van der Waals surface area (Å²) < 4.78 is 7.74. The topological polar surface area (TPSA) is 59.4 Å². The summed E-state index contributed by atoms with van der Waals surface area (Å²) in [5.74, 6) is 1.83. The van der Waals surface area contributed by atoms with Crippen molar-refractivity contribution in [3.8, 4) is 5.75 Å². The van der Waals surface area contributed by atoms with Crippen LogP contribution in [0.5, 0.6) is 5.75 Å². The Balaban J connectivity index is 1.93. The number of benzene rings is 1. The van der Waals surface area contributed by atoms with Crippen molar-refractivity contribution in [1.29, 1.82) is 0 Å². The van der Waals surface area contributed by atoms with E-state index in [1.807, 2.05) is 48.8 Å². The van der Waals surface area contributed by atoms with Gasteiger partial charge in [-0.3, -0.25) is 4.79 Å². The molecule has 1 heterocycles. The Labute approximate surface area is 149 Å². The number of aromatic nitrogens is 2. The third kappa shape index (κ3) is 4.75.